The summed E-state index contributed by atoms with van der Waals surface area (Å²) >= 11 is 0. The van der Waals surface area contributed by atoms with Gasteiger partial charge in [-0.2, -0.15) is 7.82 Å². The average molecular weight is 740 g/mol. The largest absolute Gasteiger partial charge is 0.822 e. The Morgan fingerprint density at radius 1 is 1.06 bits per heavy atom. The van der Waals surface area contributed by atoms with E-state index in [1.807, 2.05) is 12.1 Å². The molecule has 2 aromatic heterocycles. The van der Waals surface area contributed by atoms with Crippen molar-refractivity contribution in [2.75, 3.05) is 26.0 Å². The van der Waals surface area contributed by atoms with Crippen LogP contribution in [-0.4, -0.2) is 78.7 Å². The fraction of sp³-hybridized carbons (Fsp3) is 0.412. The number of methoxy groups -OCH3 is 1. The van der Waals surface area contributed by atoms with Crippen LogP contribution in [0.15, 0.2) is 64.5 Å². The van der Waals surface area contributed by atoms with Gasteiger partial charge >= 0.3 is 5.69 Å². The lowest BCUT2D eigenvalue weighted by molar-refractivity contribution is -0.432. The molecule has 0 saturated carbocycles. The van der Waals surface area contributed by atoms with E-state index in [2.05, 4.69) is 34.4 Å². The van der Waals surface area contributed by atoms with Crippen molar-refractivity contribution in [2.24, 2.45) is 27.1 Å². The number of likely N-dealkylation sites (tertiary alicyclic amines) is 1. The number of likely N-dealkylation sites (N-methyl/N-ethyl adjacent to an activating group) is 1. The van der Waals surface area contributed by atoms with Crippen molar-refractivity contribution in [3.8, 4) is 17.2 Å². The number of fused-ring (bicyclic) bond motifs is 1. The Morgan fingerprint density at radius 2 is 1.71 bits per heavy atom. The number of amides is 1. The molecule has 4 aromatic rings. The number of rotatable bonds is 2. The van der Waals surface area contributed by atoms with Gasteiger partial charge in [0.25, 0.3) is 5.56 Å². The van der Waals surface area contributed by atoms with Gasteiger partial charge in [-0.05, 0) is 62.3 Å². The third kappa shape index (κ3) is 7.28. The van der Waals surface area contributed by atoms with Gasteiger partial charge in [-0.25, -0.2) is 9.78 Å². The van der Waals surface area contributed by atoms with E-state index in [9.17, 15) is 19.5 Å². The fourth-order valence-corrected chi connectivity index (χ4v) is 7.61. The Kier molecular flexibility index (Phi) is 10.9. The summed E-state index contributed by atoms with van der Waals surface area (Å²) in [5, 5.41) is 22.0. The Hall–Kier alpha value is -4.77. The van der Waals surface area contributed by atoms with Crippen molar-refractivity contribution in [1.82, 2.24) is 23.6 Å². The number of piperidine rings is 1. The zero-order valence-corrected chi connectivity index (χ0v) is 30.3. The molecule has 8 rings (SSSR count). The molecule has 2 aromatic carbocycles. The fourth-order valence-electron chi connectivity index (χ4n) is 7.61. The van der Waals surface area contributed by atoms with Crippen LogP contribution < -0.4 is 40.7 Å². The highest BCUT2D eigenvalue weighted by molar-refractivity contribution is 7.40. The number of benzene rings is 2. The molecule has 0 radical (unpaired) electrons. The summed E-state index contributed by atoms with van der Waals surface area (Å²) in [4.78, 5) is 65.8. The van der Waals surface area contributed by atoms with Gasteiger partial charge < -0.3 is 53.7 Å². The number of hydrogen-bond acceptors (Lipinski definition) is 13. The molecule has 1 amide bonds. The second-order valence-corrected chi connectivity index (χ2v) is 13.9. The van der Waals surface area contributed by atoms with E-state index in [1.54, 1.807) is 37.9 Å². The molecule has 2 aliphatic carbocycles. The molecular formula is C34H40N6O11P-3. The van der Waals surface area contributed by atoms with E-state index in [1.165, 1.54) is 48.1 Å². The number of aromatic nitrogens is 4. The molecule has 4 aliphatic rings. The number of carbonyl (C=O) groups excluding carboxylic acids is 1. The normalized spacial score (nSPS) is 23.4. The lowest BCUT2D eigenvalue weighted by Crippen LogP contribution is -2.64. The highest BCUT2D eigenvalue weighted by Crippen LogP contribution is 2.62. The Bertz CT molecular complexity index is 2160. The number of aliphatic hydroxyl groups is 1. The van der Waals surface area contributed by atoms with Gasteiger partial charge in [-0.3, -0.25) is 18.7 Å². The molecule has 52 heavy (non-hydrogen) atoms. The summed E-state index contributed by atoms with van der Waals surface area (Å²) in [5.74, 6) is 2.17. The quantitative estimate of drug-likeness (QED) is 0.127. The summed E-state index contributed by atoms with van der Waals surface area (Å²) in [6.45, 7) is 2.49. The topological polar surface area (TPSA) is 239 Å². The Balaban J connectivity index is 0.000000151. The van der Waals surface area contributed by atoms with Gasteiger partial charge in [0.1, 0.15) is 18.0 Å². The minimum atomic E-state index is -5.39. The molecule has 1 fully saturated rings. The van der Waals surface area contributed by atoms with E-state index in [0.717, 1.165) is 35.5 Å². The summed E-state index contributed by atoms with van der Waals surface area (Å²) in [5.41, 5.74) is 3.47. The zero-order valence-electron chi connectivity index (χ0n) is 29.4. The van der Waals surface area contributed by atoms with Crippen LogP contribution >= 0.6 is 7.82 Å². The lowest BCUT2D eigenvalue weighted by Gasteiger charge is -2.56. The number of hydrogen-bond donors (Lipinski definition) is 3. The highest BCUT2D eigenvalue weighted by Gasteiger charge is 2.64. The van der Waals surface area contributed by atoms with Crippen molar-refractivity contribution >= 4 is 30.6 Å². The van der Waals surface area contributed by atoms with E-state index < -0.39 is 13.9 Å². The van der Waals surface area contributed by atoms with Gasteiger partial charge in [0.2, 0.25) is 5.91 Å². The number of anilines is 1. The maximum atomic E-state index is 11.7. The van der Waals surface area contributed by atoms with Gasteiger partial charge in [0.15, 0.2) is 22.7 Å². The lowest BCUT2D eigenvalue weighted by atomic mass is 9.53. The molecule has 2 aliphatic heterocycles. The number of ether oxygens (including phenoxy) is 2. The number of phenolic OH excluding ortho intramolecular Hbond substituents is 1. The van der Waals surface area contributed by atoms with Crippen LogP contribution in [0.4, 0.5) is 5.69 Å². The van der Waals surface area contributed by atoms with Crippen molar-refractivity contribution in [3.05, 3.63) is 86.8 Å². The first-order chi connectivity index (χ1) is 24.4. The molecule has 18 heteroatoms. The van der Waals surface area contributed by atoms with E-state index in [0.29, 0.717) is 28.8 Å². The summed E-state index contributed by atoms with van der Waals surface area (Å²) < 4.78 is 24.4. The standard InChI is InChI=1S/C18H21NO3.C8H10N4O2.C8H9NO2.H3O4P/c1-19-8-7-18-11-4-5-13(20)17(18)22-16-14(21-2)6-3-10(15(16)18)9-12(11)19;1-10-4-9-6-5(10)7(13)12(3)8(14)11(6)2;1-6(10)9-7-2-4-8(11)5-3-7;1-5(2,3)4/h3-6,11-13,17,20H,7-9H2,1-2H3;4H,1-3H3;2-5,11H,1H3,(H,9,10);(H3,1,2,3,4)/p-3/t11-,12?,13-,17-,18-;;;/m0.../s1. The molecule has 3 N–H and O–H groups in total. The SMILES string of the molecule is CC(=O)Nc1ccc(O)cc1.COc1ccc2c3c1O[C@H]1[C@@H](O)C=C[C@H]4C(C2)N(C)CC[C@@]341.Cn1c(=O)c2c(ncn2C)n(C)c1=O.O=P([O-])([O-])[O-]. The number of phenols is 1. The molecule has 2 bridgehead atoms. The second-order valence-electron chi connectivity index (χ2n) is 13.0. The molecular weight excluding hydrogens is 699 g/mol. The van der Waals surface area contributed by atoms with Gasteiger partial charge in [-0.15, -0.1) is 0 Å². The predicted molar refractivity (Wildman–Crippen MR) is 184 cm³/mol. The first-order valence-electron chi connectivity index (χ1n) is 16.2. The number of nitrogens with zero attached hydrogens (tertiary/aromatic N) is 5. The molecule has 1 spiro atoms. The van der Waals surface area contributed by atoms with Crippen LogP contribution in [0.25, 0.3) is 11.2 Å². The summed E-state index contributed by atoms with van der Waals surface area (Å²) in [7, 11) is 3.29. The van der Waals surface area contributed by atoms with Crippen LogP contribution in [0, 0.1) is 5.92 Å². The number of imidazole rings is 1. The summed E-state index contributed by atoms with van der Waals surface area (Å²) in [6.07, 6.45) is 7.06. The smallest absolute Gasteiger partial charge is 0.332 e. The molecule has 280 valence electrons. The molecule has 4 heterocycles. The molecule has 5 atom stereocenters. The minimum Gasteiger partial charge on any atom is -0.822 e. The number of aromatic hydroxyl groups is 1. The third-order valence-corrected chi connectivity index (χ3v) is 9.86. The molecule has 1 unspecified atom stereocenters. The minimum absolute atomic E-state index is 0.0806. The Labute approximate surface area is 298 Å². The van der Waals surface area contributed by atoms with E-state index >= 15 is 0 Å². The molecule has 1 saturated heterocycles. The maximum Gasteiger partial charge on any atom is 0.332 e. The number of phosphoric acid groups is 1. The highest BCUT2D eigenvalue weighted by atomic mass is 31.2. The van der Waals surface area contributed by atoms with Crippen LogP contribution in [0.5, 0.6) is 17.2 Å². The number of carbonyl (C=O) groups is 1. The van der Waals surface area contributed by atoms with Crippen molar-refractivity contribution < 1.29 is 43.7 Å². The predicted octanol–water partition coefficient (Wildman–Crippen LogP) is -1.00. The van der Waals surface area contributed by atoms with Crippen molar-refractivity contribution in [2.45, 2.75) is 43.4 Å². The first-order valence-corrected chi connectivity index (χ1v) is 17.7. The maximum absolute atomic E-state index is 11.7. The monoisotopic (exact) mass is 739 g/mol. The third-order valence-electron chi connectivity index (χ3n) is 9.86. The number of aryl methyl sites for hydroxylation is 2. The Morgan fingerprint density at radius 3 is 2.33 bits per heavy atom. The first kappa shape index (κ1) is 38.5. The van der Waals surface area contributed by atoms with Gasteiger partial charge in [0, 0.05) is 56.7 Å². The van der Waals surface area contributed by atoms with Crippen molar-refractivity contribution in [1.29, 1.82) is 0 Å². The van der Waals surface area contributed by atoms with Crippen molar-refractivity contribution in [3.63, 3.8) is 0 Å². The van der Waals surface area contributed by atoms with Crippen LogP contribution in [0.1, 0.15) is 24.5 Å². The molecule has 17 nitrogen and oxygen atoms in total. The van der Waals surface area contributed by atoms with Gasteiger partial charge in [0.05, 0.1) is 13.4 Å². The van der Waals surface area contributed by atoms with E-state index in [4.69, 9.17) is 33.8 Å². The van der Waals surface area contributed by atoms with E-state index in [-0.39, 0.29) is 34.4 Å². The van der Waals surface area contributed by atoms with Crippen LogP contribution in [0.2, 0.25) is 0 Å². The number of aliphatic hydroxyl groups excluding tert-OH is 1. The zero-order chi connectivity index (χ0) is 38.3. The van der Waals surface area contributed by atoms with Crippen LogP contribution in [0.3, 0.4) is 0 Å². The number of nitrogens with one attached hydrogen (secondary N) is 1. The van der Waals surface area contributed by atoms with Gasteiger partial charge in [-0.1, -0.05) is 18.2 Å². The average Bonchev–Trinajstić information content (AvgIpc) is 3.64. The second kappa shape index (κ2) is 14.7. The summed E-state index contributed by atoms with van der Waals surface area (Å²) in [6, 6.07) is 11.0. The van der Waals surface area contributed by atoms with Crippen LogP contribution in [-0.2, 0) is 42.3 Å².